The van der Waals surface area contributed by atoms with E-state index in [1.165, 1.54) is 11.3 Å². The molecule has 6 nitrogen and oxygen atoms in total. The first kappa shape index (κ1) is 15.1. The van der Waals surface area contributed by atoms with Gasteiger partial charge in [-0.2, -0.15) is 0 Å². The SMILES string of the molecule is COc1cc(OC)c(-c2nc(CC(=O)O)cs2)cc1OC. The Morgan fingerprint density at radius 2 is 1.76 bits per heavy atom. The molecule has 0 radical (unpaired) electrons. The molecular formula is C14H15NO5S. The maximum atomic E-state index is 10.7. The van der Waals surface area contributed by atoms with Crippen LogP contribution in [-0.4, -0.2) is 37.4 Å². The number of carboxylic acid groups (broad SMARTS) is 1. The number of aliphatic carboxylic acids is 1. The molecular weight excluding hydrogens is 294 g/mol. The third-order valence-corrected chi connectivity index (χ3v) is 3.74. The van der Waals surface area contributed by atoms with Crippen LogP contribution in [0.15, 0.2) is 17.5 Å². The van der Waals surface area contributed by atoms with Crippen molar-refractivity contribution in [2.75, 3.05) is 21.3 Å². The zero-order valence-electron chi connectivity index (χ0n) is 11.9. The maximum absolute atomic E-state index is 10.7. The van der Waals surface area contributed by atoms with Gasteiger partial charge in [-0.3, -0.25) is 4.79 Å². The summed E-state index contributed by atoms with van der Waals surface area (Å²) >= 11 is 1.36. The number of nitrogens with zero attached hydrogens (tertiary/aromatic N) is 1. The molecule has 0 spiro atoms. The van der Waals surface area contributed by atoms with E-state index in [-0.39, 0.29) is 6.42 Å². The van der Waals surface area contributed by atoms with Crippen molar-refractivity contribution in [2.24, 2.45) is 0 Å². The van der Waals surface area contributed by atoms with Crippen LogP contribution in [0.2, 0.25) is 0 Å². The predicted molar refractivity (Wildman–Crippen MR) is 78.5 cm³/mol. The van der Waals surface area contributed by atoms with E-state index in [9.17, 15) is 4.79 Å². The number of aromatic nitrogens is 1. The molecule has 0 amide bonds. The summed E-state index contributed by atoms with van der Waals surface area (Å²) in [6.07, 6.45) is -0.105. The van der Waals surface area contributed by atoms with Gasteiger partial charge in [0.2, 0.25) is 0 Å². The van der Waals surface area contributed by atoms with Gasteiger partial charge in [-0.1, -0.05) is 0 Å². The molecule has 0 fully saturated rings. The first-order chi connectivity index (χ1) is 10.1. The fourth-order valence-corrected chi connectivity index (χ4v) is 2.70. The van der Waals surface area contributed by atoms with Crippen molar-refractivity contribution in [3.63, 3.8) is 0 Å². The van der Waals surface area contributed by atoms with E-state index in [4.69, 9.17) is 19.3 Å². The molecule has 0 unspecified atom stereocenters. The summed E-state index contributed by atoms with van der Waals surface area (Å²) in [5.74, 6) is 0.790. The second kappa shape index (κ2) is 6.45. The van der Waals surface area contributed by atoms with Gasteiger partial charge < -0.3 is 19.3 Å². The summed E-state index contributed by atoms with van der Waals surface area (Å²) in [7, 11) is 4.65. The van der Waals surface area contributed by atoms with E-state index < -0.39 is 5.97 Å². The van der Waals surface area contributed by atoms with Gasteiger partial charge in [0.1, 0.15) is 10.8 Å². The van der Waals surface area contributed by atoms with Crippen molar-refractivity contribution in [3.05, 3.63) is 23.2 Å². The van der Waals surface area contributed by atoms with Crippen molar-refractivity contribution in [1.29, 1.82) is 0 Å². The molecule has 0 atom stereocenters. The lowest BCUT2D eigenvalue weighted by molar-refractivity contribution is -0.136. The summed E-state index contributed by atoms with van der Waals surface area (Å²) in [6.45, 7) is 0. The van der Waals surface area contributed by atoms with Crippen molar-refractivity contribution in [1.82, 2.24) is 4.98 Å². The second-order valence-corrected chi connectivity index (χ2v) is 4.98. The lowest BCUT2D eigenvalue weighted by Crippen LogP contribution is -2.00. The average molecular weight is 309 g/mol. The highest BCUT2D eigenvalue weighted by Gasteiger charge is 2.16. The van der Waals surface area contributed by atoms with Crippen LogP contribution >= 0.6 is 11.3 Å². The normalized spacial score (nSPS) is 10.2. The Balaban J connectivity index is 2.46. The molecule has 21 heavy (non-hydrogen) atoms. The van der Waals surface area contributed by atoms with Gasteiger partial charge in [-0.15, -0.1) is 11.3 Å². The molecule has 2 rings (SSSR count). The first-order valence-corrected chi connectivity index (χ1v) is 6.93. The minimum absolute atomic E-state index is 0.105. The van der Waals surface area contributed by atoms with Crippen LogP contribution in [-0.2, 0) is 11.2 Å². The number of benzene rings is 1. The second-order valence-electron chi connectivity index (χ2n) is 4.12. The summed E-state index contributed by atoms with van der Waals surface area (Å²) in [4.78, 5) is 15.0. The number of methoxy groups -OCH3 is 3. The summed E-state index contributed by atoms with van der Waals surface area (Å²) in [5.41, 5.74) is 1.25. The van der Waals surface area contributed by atoms with Gasteiger partial charge in [-0.05, 0) is 6.07 Å². The molecule has 0 bridgehead atoms. The Kier molecular flexibility index (Phi) is 4.64. The van der Waals surface area contributed by atoms with Gasteiger partial charge in [0.15, 0.2) is 11.5 Å². The number of thiazole rings is 1. The Hall–Kier alpha value is -2.28. The van der Waals surface area contributed by atoms with Crippen LogP contribution in [0.25, 0.3) is 10.6 Å². The topological polar surface area (TPSA) is 77.9 Å². The smallest absolute Gasteiger partial charge is 0.309 e. The molecule has 2 aromatic rings. The van der Waals surface area contributed by atoms with Crippen molar-refractivity contribution in [2.45, 2.75) is 6.42 Å². The third kappa shape index (κ3) is 3.25. The van der Waals surface area contributed by atoms with Gasteiger partial charge in [0.05, 0.1) is 39.0 Å². The van der Waals surface area contributed by atoms with E-state index in [1.54, 1.807) is 38.8 Å². The Morgan fingerprint density at radius 3 is 2.33 bits per heavy atom. The molecule has 0 saturated carbocycles. The fraction of sp³-hybridized carbons (Fsp3) is 0.286. The highest BCUT2D eigenvalue weighted by Crippen LogP contribution is 2.40. The molecule has 112 valence electrons. The largest absolute Gasteiger partial charge is 0.496 e. The van der Waals surface area contributed by atoms with Crippen molar-refractivity contribution < 1.29 is 24.1 Å². The Bertz CT molecular complexity index is 653. The lowest BCUT2D eigenvalue weighted by atomic mass is 10.2. The van der Waals surface area contributed by atoms with Crippen LogP contribution in [0.5, 0.6) is 17.2 Å². The lowest BCUT2D eigenvalue weighted by Gasteiger charge is -2.12. The van der Waals surface area contributed by atoms with E-state index >= 15 is 0 Å². The van der Waals surface area contributed by atoms with Gasteiger partial charge in [0, 0.05) is 11.4 Å². The number of hydrogen-bond acceptors (Lipinski definition) is 6. The van der Waals surface area contributed by atoms with Crippen LogP contribution in [0.3, 0.4) is 0 Å². The van der Waals surface area contributed by atoms with Crippen LogP contribution in [0.1, 0.15) is 5.69 Å². The molecule has 0 saturated heterocycles. The summed E-state index contributed by atoms with van der Waals surface area (Å²) < 4.78 is 15.8. The third-order valence-electron chi connectivity index (χ3n) is 2.82. The van der Waals surface area contributed by atoms with Gasteiger partial charge in [-0.25, -0.2) is 4.98 Å². The zero-order chi connectivity index (χ0) is 15.4. The summed E-state index contributed by atoms with van der Waals surface area (Å²) in [6, 6.07) is 3.48. The number of rotatable bonds is 6. The highest BCUT2D eigenvalue weighted by molar-refractivity contribution is 7.13. The summed E-state index contributed by atoms with van der Waals surface area (Å²) in [5, 5.41) is 11.2. The Labute approximate surface area is 125 Å². The molecule has 1 N–H and O–H groups in total. The molecule has 0 aliphatic heterocycles. The van der Waals surface area contributed by atoms with E-state index in [2.05, 4.69) is 4.98 Å². The monoisotopic (exact) mass is 309 g/mol. The quantitative estimate of drug-likeness (QED) is 0.883. The first-order valence-electron chi connectivity index (χ1n) is 6.05. The van der Waals surface area contributed by atoms with Gasteiger partial charge in [0.25, 0.3) is 0 Å². The minimum atomic E-state index is -0.911. The zero-order valence-corrected chi connectivity index (χ0v) is 12.7. The minimum Gasteiger partial charge on any atom is -0.496 e. The standard InChI is InChI=1S/C14H15NO5S/c1-18-10-6-12(20-3)11(19-2)5-9(10)14-15-8(7-21-14)4-13(16)17/h5-7H,4H2,1-3H3,(H,16,17). The molecule has 1 heterocycles. The highest BCUT2D eigenvalue weighted by atomic mass is 32.1. The van der Waals surface area contributed by atoms with E-state index in [0.29, 0.717) is 28.0 Å². The number of carboxylic acids is 1. The Morgan fingerprint density at radius 1 is 1.14 bits per heavy atom. The number of ether oxygens (including phenoxy) is 3. The molecule has 1 aromatic heterocycles. The van der Waals surface area contributed by atoms with Crippen molar-refractivity contribution in [3.8, 4) is 27.8 Å². The van der Waals surface area contributed by atoms with Crippen molar-refractivity contribution >= 4 is 17.3 Å². The average Bonchev–Trinajstić information content (AvgIpc) is 2.93. The molecule has 0 aliphatic rings. The fourth-order valence-electron chi connectivity index (χ4n) is 1.86. The number of carbonyl (C=O) groups is 1. The molecule has 7 heteroatoms. The predicted octanol–water partition coefficient (Wildman–Crippen LogP) is 2.46. The van der Waals surface area contributed by atoms with Crippen LogP contribution in [0, 0.1) is 0 Å². The van der Waals surface area contributed by atoms with Crippen LogP contribution < -0.4 is 14.2 Å². The molecule has 1 aromatic carbocycles. The van der Waals surface area contributed by atoms with E-state index in [0.717, 1.165) is 5.56 Å². The van der Waals surface area contributed by atoms with Crippen LogP contribution in [0.4, 0.5) is 0 Å². The van der Waals surface area contributed by atoms with Gasteiger partial charge >= 0.3 is 5.97 Å². The van der Waals surface area contributed by atoms with E-state index in [1.807, 2.05) is 0 Å². The number of hydrogen-bond donors (Lipinski definition) is 1. The molecule has 0 aliphatic carbocycles. The maximum Gasteiger partial charge on any atom is 0.309 e.